The van der Waals surface area contributed by atoms with Crippen LogP contribution in [0.25, 0.3) is 0 Å². The van der Waals surface area contributed by atoms with Crippen molar-refractivity contribution in [3.05, 3.63) is 35.4 Å². The van der Waals surface area contributed by atoms with Crippen LogP contribution in [0.4, 0.5) is 4.79 Å². The minimum absolute atomic E-state index is 0.271. The number of nitrogens with zero attached hydrogens (tertiary/aromatic N) is 1. The van der Waals surface area contributed by atoms with Crippen molar-refractivity contribution in [1.29, 1.82) is 0 Å². The first kappa shape index (κ1) is 19.5. The lowest BCUT2D eigenvalue weighted by Crippen LogP contribution is -2.49. The fourth-order valence-electron chi connectivity index (χ4n) is 3.94. The van der Waals surface area contributed by atoms with Gasteiger partial charge >= 0.3 is 12.0 Å². The van der Waals surface area contributed by atoms with Gasteiger partial charge in [-0.2, -0.15) is 0 Å². The van der Waals surface area contributed by atoms with Crippen LogP contribution in [-0.2, 0) is 9.53 Å². The molecule has 0 aromatic carbocycles. The minimum atomic E-state index is -0.648. The minimum Gasteiger partial charge on any atom is -0.467 e. The monoisotopic (exact) mass is 375 g/mol. The van der Waals surface area contributed by atoms with Crippen molar-refractivity contribution >= 4 is 12.0 Å². The largest absolute Gasteiger partial charge is 0.467 e. The van der Waals surface area contributed by atoms with Crippen molar-refractivity contribution in [2.75, 3.05) is 20.2 Å². The van der Waals surface area contributed by atoms with Gasteiger partial charge < -0.3 is 19.8 Å². The van der Waals surface area contributed by atoms with E-state index in [1.807, 2.05) is 0 Å². The van der Waals surface area contributed by atoms with Crippen LogP contribution in [0, 0.1) is 0 Å². The molecule has 7 heteroatoms. The summed E-state index contributed by atoms with van der Waals surface area (Å²) in [5.74, 6) is 0.0817. The van der Waals surface area contributed by atoms with E-state index >= 15 is 0 Å². The molecule has 0 radical (unpaired) electrons. The number of nitrogens with one attached hydrogen (secondary N) is 2. The van der Waals surface area contributed by atoms with Crippen molar-refractivity contribution < 1.29 is 18.7 Å². The van der Waals surface area contributed by atoms with Crippen LogP contribution in [-0.4, -0.2) is 43.1 Å². The van der Waals surface area contributed by atoms with E-state index in [1.54, 1.807) is 19.1 Å². The van der Waals surface area contributed by atoms with E-state index in [-0.39, 0.29) is 12.6 Å². The summed E-state index contributed by atoms with van der Waals surface area (Å²) < 4.78 is 10.7. The van der Waals surface area contributed by atoms with Gasteiger partial charge in [0.1, 0.15) is 11.8 Å². The molecule has 1 atom stereocenters. The molecule has 0 unspecified atom stereocenters. The van der Waals surface area contributed by atoms with E-state index in [9.17, 15) is 9.59 Å². The van der Waals surface area contributed by atoms with Crippen molar-refractivity contribution in [3.63, 3.8) is 0 Å². The van der Waals surface area contributed by atoms with Crippen LogP contribution >= 0.6 is 0 Å². The number of carbonyl (C=O) groups is 2. The zero-order valence-corrected chi connectivity index (χ0v) is 16.1. The number of esters is 1. The SMILES string of the molecule is CCOC(=O)C1=C(CN(C)C2CCCCCC2)NC(=O)N[C@@H]1c1ccco1. The second kappa shape index (κ2) is 9.08. The molecule has 2 amide bonds. The normalized spacial score (nSPS) is 21.6. The number of rotatable bonds is 6. The Labute approximate surface area is 160 Å². The molecule has 0 bridgehead atoms. The summed E-state index contributed by atoms with van der Waals surface area (Å²) in [6, 6.07) is 2.96. The number of ether oxygens (including phenoxy) is 1. The topological polar surface area (TPSA) is 83.8 Å². The first-order valence-electron chi connectivity index (χ1n) is 9.81. The highest BCUT2D eigenvalue weighted by Gasteiger charge is 2.36. The van der Waals surface area contributed by atoms with Crippen molar-refractivity contribution in [1.82, 2.24) is 15.5 Å². The standard InChI is InChI=1S/C20H29N3O4/c1-3-26-19(24)17-15(13-23(2)14-9-6-4-5-7-10-14)21-20(25)22-18(17)16-11-8-12-27-16/h8,11-12,14,18H,3-7,9-10,13H2,1-2H3,(H2,21,22,25)/t18-/m1/s1. The van der Waals surface area contributed by atoms with E-state index in [0.29, 0.717) is 29.6 Å². The molecule has 3 rings (SSSR count). The molecule has 148 valence electrons. The number of hydrogen-bond donors (Lipinski definition) is 2. The number of carbonyl (C=O) groups excluding carboxylic acids is 2. The third-order valence-corrected chi connectivity index (χ3v) is 5.33. The van der Waals surface area contributed by atoms with Crippen molar-refractivity contribution in [2.45, 2.75) is 57.5 Å². The molecule has 1 aliphatic heterocycles. The van der Waals surface area contributed by atoms with E-state index in [1.165, 1.54) is 31.9 Å². The Kier molecular flexibility index (Phi) is 6.55. The number of amides is 2. The summed E-state index contributed by atoms with van der Waals surface area (Å²) in [5.41, 5.74) is 0.997. The molecular weight excluding hydrogens is 346 g/mol. The smallest absolute Gasteiger partial charge is 0.338 e. The van der Waals surface area contributed by atoms with Gasteiger partial charge in [0.15, 0.2) is 0 Å². The van der Waals surface area contributed by atoms with E-state index in [0.717, 1.165) is 12.8 Å². The Bertz CT molecular complexity index is 675. The van der Waals surface area contributed by atoms with Gasteiger partial charge in [-0.1, -0.05) is 25.7 Å². The fourth-order valence-corrected chi connectivity index (χ4v) is 3.94. The zero-order chi connectivity index (χ0) is 19.2. The molecule has 1 aromatic heterocycles. The Balaban J connectivity index is 1.89. The van der Waals surface area contributed by atoms with Gasteiger partial charge in [0, 0.05) is 18.3 Å². The van der Waals surface area contributed by atoms with Gasteiger partial charge in [-0.05, 0) is 38.9 Å². The number of furan rings is 1. The van der Waals surface area contributed by atoms with E-state index in [4.69, 9.17) is 9.15 Å². The molecule has 1 saturated carbocycles. The number of urea groups is 1. The molecule has 1 aromatic rings. The molecular formula is C20H29N3O4. The fraction of sp³-hybridized carbons (Fsp3) is 0.600. The van der Waals surface area contributed by atoms with Crippen LogP contribution in [0.3, 0.4) is 0 Å². The molecule has 2 heterocycles. The lowest BCUT2D eigenvalue weighted by Gasteiger charge is -2.32. The van der Waals surface area contributed by atoms with Crippen LogP contribution in [0.1, 0.15) is 57.3 Å². The maximum Gasteiger partial charge on any atom is 0.338 e. The molecule has 27 heavy (non-hydrogen) atoms. The maximum atomic E-state index is 12.7. The second-order valence-corrected chi connectivity index (χ2v) is 7.22. The third kappa shape index (κ3) is 4.71. The lowest BCUT2D eigenvalue weighted by atomic mass is 9.99. The quantitative estimate of drug-likeness (QED) is 0.590. The van der Waals surface area contributed by atoms with E-state index < -0.39 is 12.0 Å². The Hall–Kier alpha value is -2.28. The van der Waals surface area contributed by atoms with Crippen LogP contribution < -0.4 is 10.6 Å². The molecule has 2 N–H and O–H groups in total. The highest BCUT2D eigenvalue weighted by molar-refractivity contribution is 5.95. The average Bonchev–Trinajstić information content (AvgIpc) is 3.03. The van der Waals surface area contributed by atoms with Crippen molar-refractivity contribution in [2.24, 2.45) is 0 Å². The molecule has 1 aliphatic carbocycles. The van der Waals surface area contributed by atoms with Crippen LogP contribution in [0.2, 0.25) is 0 Å². The van der Waals surface area contributed by atoms with Gasteiger partial charge in [0.05, 0.1) is 18.4 Å². The summed E-state index contributed by atoms with van der Waals surface area (Å²) >= 11 is 0. The Morgan fingerprint density at radius 3 is 2.67 bits per heavy atom. The van der Waals surface area contributed by atoms with Gasteiger partial charge in [-0.15, -0.1) is 0 Å². The lowest BCUT2D eigenvalue weighted by molar-refractivity contribution is -0.139. The molecule has 1 fully saturated rings. The van der Waals surface area contributed by atoms with Gasteiger partial charge in [0.25, 0.3) is 0 Å². The number of likely N-dealkylation sites (N-methyl/N-ethyl adjacent to an activating group) is 1. The summed E-state index contributed by atoms with van der Waals surface area (Å²) in [7, 11) is 2.06. The Morgan fingerprint density at radius 1 is 1.30 bits per heavy atom. The molecule has 7 nitrogen and oxygen atoms in total. The van der Waals surface area contributed by atoms with Crippen LogP contribution in [0.5, 0.6) is 0 Å². The van der Waals surface area contributed by atoms with Gasteiger partial charge in [0.2, 0.25) is 0 Å². The summed E-state index contributed by atoms with van der Waals surface area (Å²) in [6.45, 7) is 2.53. The van der Waals surface area contributed by atoms with Gasteiger partial charge in [-0.25, -0.2) is 9.59 Å². The molecule has 0 saturated heterocycles. The predicted octanol–water partition coefficient (Wildman–Crippen LogP) is 3.11. The average molecular weight is 375 g/mol. The molecule has 0 spiro atoms. The highest BCUT2D eigenvalue weighted by Crippen LogP contribution is 2.29. The maximum absolute atomic E-state index is 12.7. The first-order chi connectivity index (χ1) is 13.1. The third-order valence-electron chi connectivity index (χ3n) is 5.33. The second-order valence-electron chi connectivity index (χ2n) is 7.22. The van der Waals surface area contributed by atoms with E-state index in [2.05, 4.69) is 22.6 Å². The zero-order valence-electron chi connectivity index (χ0n) is 16.1. The Morgan fingerprint density at radius 2 is 2.04 bits per heavy atom. The molecule has 2 aliphatic rings. The summed E-state index contributed by atoms with van der Waals surface area (Å²) in [6.07, 6.45) is 8.83. The number of hydrogen-bond acceptors (Lipinski definition) is 5. The van der Waals surface area contributed by atoms with Crippen LogP contribution in [0.15, 0.2) is 34.1 Å². The summed E-state index contributed by atoms with van der Waals surface area (Å²) in [5, 5.41) is 5.61. The highest BCUT2D eigenvalue weighted by atomic mass is 16.5. The predicted molar refractivity (Wildman–Crippen MR) is 101 cm³/mol. The van der Waals surface area contributed by atoms with Gasteiger partial charge in [-0.3, -0.25) is 4.90 Å². The van der Waals surface area contributed by atoms with Crippen molar-refractivity contribution in [3.8, 4) is 0 Å². The summed E-state index contributed by atoms with van der Waals surface area (Å²) in [4.78, 5) is 27.2. The first-order valence-corrected chi connectivity index (χ1v) is 9.81.